The maximum Gasteiger partial charge on any atom is 0.337 e. The molecule has 2 saturated heterocycles. The summed E-state index contributed by atoms with van der Waals surface area (Å²) in [5.74, 6) is -2.94. The molecular formula is C23H21NO7S. The average molecular weight is 455 g/mol. The number of hydrogen-bond acceptors (Lipinski definition) is 7. The van der Waals surface area contributed by atoms with Gasteiger partial charge in [-0.05, 0) is 24.1 Å². The molecule has 4 rings (SSSR count). The van der Waals surface area contributed by atoms with Crippen molar-refractivity contribution < 1.29 is 32.6 Å². The smallest absolute Gasteiger partial charge is 0.337 e. The zero-order chi connectivity index (χ0) is 23.0. The number of hydrogen-bond donors (Lipinski definition) is 1. The molecule has 0 radical (unpaired) electrons. The third-order valence-corrected chi connectivity index (χ3v) is 7.53. The molecule has 2 atom stereocenters. The van der Waals surface area contributed by atoms with Gasteiger partial charge >= 0.3 is 5.97 Å². The Balaban J connectivity index is 1.86. The Bertz CT molecular complexity index is 1220. The first-order valence-electron chi connectivity index (χ1n) is 9.97. The van der Waals surface area contributed by atoms with Gasteiger partial charge in [-0.25, -0.2) is 13.2 Å². The summed E-state index contributed by atoms with van der Waals surface area (Å²) in [7, 11) is -2.08. The number of sulfone groups is 1. The van der Waals surface area contributed by atoms with E-state index in [0.717, 1.165) is 0 Å². The van der Waals surface area contributed by atoms with Crippen molar-refractivity contribution in [3.05, 3.63) is 76.9 Å². The maximum atomic E-state index is 13.0. The van der Waals surface area contributed by atoms with E-state index in [1.807, 2.05) is 0 Å². The summed E-state index contributed by atoms with van der Waals surface area (Å²) >= 11 is 0. The number of carbonyl (C=O) groups is 3. The van der Waals surface area contributed by atoms with Crippen molar-refractivity contribution >= 4 is 33.3 Å². The number of esters is 1. The van der Waals surface area contributed by atoms with Gasteiger partial charge < -0.3 is 14.7 Å². The van der Waals surface area contributed by atoms with Crippen LogP contribution < -0.4 is 0 Å². The fourth-order valence-corrected chi connectivity index (χ4v) is 5.93. The number of ketones is 1. The highest BCUT2D eigenvalue weighted by Gasteiger charge is 2.50. The van der Waals surface area contributed by atoms with Gasteiger partial charge in [0.2, 0.25) is 0 Å². The van der Waals surface area contributed by atoms with E-state index in [-0.39, 0.29) is 34.8 Å². The van der Waals surface area contributed by atoms with Crippen LogP contribution in [0.2, 0.25) is 0 Å². The van der Waals surface area contributed by atoms with Crippen molar-refractivity contribution in [3.63, 3.8) is 0 Å². The van der Waals surface area contributed by atoms with E-state index in [2.05, 4.69) is 0 Å². The minimum Gasteiger partial charge on any atom is -0.507 e. The normalized spacial score (nSPS) is 24.0. The highest BCUT2D eigenvalue weighted by molar-refractivity contribution is 7.91. The van der Waals surface area contributed by atoms with Gasteiger partial charge in [-0.2, -0.15) is 0 Å². The Labute approximate surface area is 185 Å². The fraction of sp³-hybridized carbons (Fsp3) is 0.261. The first-order valence-corrected chi connectivity index (χ1v) is 11.8. The number of carbonyl (C=O) groups excluding carboxylic acids is 3. The van der Waals surface area contributed by atoms with Crippen LogP contribution in [0.25, 0.3) is 5.76 Å². The zero-order valence-electron chi connectivity index (χ0n) is 17.2. The quantitative estimate of drug-likeness (QED) is 0.325. The van der Waals surface area contributed by atoms with Gasteiger partial charge in [0.1, 0.15) is 5.76 Å². The molecule has 2 aliphatic heterocycles. The molecule has 166 valence electrons. The molecule has 0 unspecified atom stereocenters. The van der Waals surface area contributed by atoms with E-state index in [1.54, 1.807) is 42.5 Å². The van der Waals surface area contributed by atoms with Crippen LogP contribution in [0.15, 0.2) is 60.2 Å². The fourth-order valence-electron chi connectivity index (χ4n) is 4.22. The lowest BCUT2D eigenvalue weighted by molar-refractivity contribution is -0.141. The van der Waals surface area contributed by atoms with Crippen molar-refractivity contribution in [2.24, 2.45) is 0 Å². The van der Waals surface area contributed by atoms with Gasteiger partial charge in [0.15, 0.2) is 9.84 Å². The van der Waals surface area contributed by atoms with Crippen molar-refractivity contribution in [1.82, 2.24) is 4.90 Å². The molecule has 2 aromatic carbocycles. The summed E-state index contributed by atoms with van der Waals surface area (Å²) in [5, 5.41) is 11.0. The molecule has 0 saturated carbocycles. The third kappa shape index (κ3) is 3.80. The Morgan fingerprint density at radius 2 is 1.69 bits per heavy atom. The number of nitrogens with zero attached hydrogens (tertiary/aromatic N) is 1. The van der Waals surface area contributed by atoms with Crippen molar-refractivity contribution in [2.45, 2.75) is 18.5 Å². The Morgan fingerprint density at radius 3 is 2.25 bits per heavy atom. The molecule has 8 nitrogen and oxygen atoms in total. The molecule has 0 aromatic heterocycles. The number of aliphatic hydroxyl groups is 1. The molecule has 9 heteroatoms. The molecule has 2 fully saturated rings. The zero-order valence-corrected chi connectivity index (χ0v) is 18.0. The van der Waals surface area contributed by atoms with Crippen molar-refractivity contribution in [1.29, 1.82) is 0 Å². The first kappa shape index (κ1) is 21.8. The number of ether oxygens (including phenoxy) is 1. The second-order valence-corrected chi connectivity index (χ2v) is 9.97. The number of likely N-dealkylation sites (tertiary alicyclic amines) is 1. The summed E-state index contributed by atoms with van der Waals surface area (Å²) in [4.78, 5) is 39.1. The van der Waals surface area contributed by atoms with Crippen LogP contribution in [0, 0.1) is 0 Å². The van der Waals surface area contributed by atoms with E-state index < -0.39 is 39.6 Å². The van der Waals surface area contributed by atoms with E-state index >= 15 is 0 Å². The van der Waals surface area contributed by atoms with Gasteiger partial charge in [0.05, 0.1) is 35.8 Å². The second-order valence-electron chi connectivity index (χ2n) is 7.74. The van der Waals surface area contributed by atoms with Gasteiger partial charge in [-0.3, -0.25) is 9.59 Å². The minimum atomic E-state index is -3.34. The van der Waals surface area contributed by atoms with Crippen molar-refractivity contribution in [3.8, 4) is 0 Å². The van der Waals surface area contributed by atoms with Crippen LogP contribution in [-0.2, 0) is 24.2 Å². The highest BCUT2D eigenvalue weighted by atomic mass is 32.2. The number of methoxy groups -OCH3 is 1. The number of amides is 1. The Hall–Kier alpha value is -3.46. The van der Waals surface area contributed by atoms with Gasteiger partial charge in [0, 0.05) is 11.6 Å². The molecule has 0 spiro atoms. The van der Waals surface area contributed by atoms with Crippen LogP contribution in [0.3, 0.4) is 0 Å². The molecular weight excluding hydrogens is 434 g/mol. The number of benzene rings is 2. The molecule has 1 amide bonds. The average Bonchev–Trinajstić information content (AvgIpc) is 3.29. The molecule has 0 bridgehead atoms. The third-order valence-electron chi connectivity index (χ3n) is 5.78. The van der Waals surface area contributed by atoms with Crippen LogP contribution in [0.1, 0.15) is 33.9 Å². The van der Waals surface area contributed by atoms with Gasteiger partial charge in [-0.1, -0.05) is 42.5 Å². The van der Waals surface area contributed by atoms with Crippen LogP contribution in [-0.4, -0.2) is 60.7 Å². The molecule has 1 N–H and O–H groups in total. The molecule has 2 heterocycles. The maximum absolute atomic E-state index is 13.0. The van der Waals surface area contributed by atoms with Gasteiger partial charge in [0.25, 0.3) is 11.7 Å². The van der Waals surface area contributed by atoms with Crippen LogP contribution in [0.4, 0.5) is 0 Å². The number of aliphatic hydroxyl groups excluding tert-OH is 1. The van der Waals surface area contributed by atoms with Gasteiger partial charge in [-0.15, -0.1) is 0 Å². The Kier molecular flexibility index (Phi) is 5.60. The first-order chi connectivity index (χ1) is 15.2. The summed E-state index contributed by atoms with van der Waals surface area (Å²) in [6.07, 6.45) is 0.206. The van der Waals surface area contributed by atoms with Crippen molar-refractivity contribution in [2.75, 3.05) is 18.6 Å². The predicted octanol–water partition coefficient (Wildman–Crippen LogP) is 2.08. The van der Waals surface area contributed by atoms with E-state index in [4.69, 9.17) is 4.74 Å². The lowest BCUT2D eigenvalue weighted by atomic mass is 9.94. The summed E-state index contributed by atoms with van der Waals surface area (Å²) in [6.45, 7) is 0. The van der Waals surface area contributed by atoms with E-state index in [1.165, 1.54) is 24.1 Å². The van der Waals surface area contributed by atoms with E-state index in [9.17, 15) is 27.9 Å². The molecule has 2 aromatic rings. The highest BCUT2D eigenvalue weighted by Crippen LogP contribution is 2.42. The monoisotopic (exact) mass is 455 g/mol. The van der Waals surface area contributed by atoms with E-state index in [0.29, 0.717) is 11.1 Å². The Morgan fingerprint density at radius 1 is 1.03 bits per heavy atom. The topological polar surface area (TPSA) is 118 Å². The molecule has 32 heavy (non-hydrogen) atoms. The van der Waals surface area contributed by atoms with Crippen LogP contribution in [0.5, 0.6) is 0 Å². The summed E-state index contributed by atoms with van der Waals surface area (Å²) in [5.41, 5.74) is 0.996. The molecule has 2 aliphatic rings. The van der Waals surface area contributed by atoms with Crippen LogP contribution >= 0.6 is 0 Å². The SMILES string of the molecule is COC(=O)c1ccc([C@@H]2/C(=C(\O)c3ccccc3)C(=O)C(=O)N2[C@H]2CCS(=O)(=O)C2)cc1. The number of rotatable bonds is 4. The molecule has 0 aliphatic carbocycles. The lowest BCUT2D eigenvalue weighted by Crippen LogP contribution is -2.40. The lowest BCUT2D eigenvalue weighted by Gasteiger charge is -2.30. The second kappa shape index (κ2) is 8.23. The minimum absolute atomic E-state index is 0.0760. The summed E-state index contributed by atoms with van der Waals surface area (Å²) < 4.78 is 28.9. The standard InChI is InChI=1S/C23H21NO7S/c1-31-23(28)16-9-7-14(8-10-16)19-18(20(25)15-5-3-2-4-6-15)21(26)22(27)24(19)17-11-12-32(29,30)13-17/h2-10,17,19,25H,11-13H2,1H3/b20-18+/t17-,19+/m0/s1. The summed E-state index contributed by atoms with van der Waals surface area (Å²) in [6, 6.07) is 12.8. The largest absolute Gasteiger partial charge is 0.507 e. The predicted molar refractivity (Wildman–Crippen MR) is 115 cm³/mol. The number of Topliss-reactive ketones (excluding diaryl/α,β-unsaturated/α-hetero) is 1.